The van der Waals surface area contributed by atoms with Crippen LogP contribution in [-0.2, 0) is 27.4 Å². The van der Waals surface area contributed by atoms with E-state index in [2.05, 4.69) is 9.71 Å². The normalized spacial score (nSPS) is 13.4. The SMILES string of the molecule is CCS(=O)CCNS(=O)(=O)c1ccc(CN)nc1. The second-order valence-electron chi connectivity index (χ2n) is 3.52. The third-order valence-electron chi connectivity index (χ3n) is 2.26. The zero-order valence-electron chi connectivity index (χ0n) is 10.1. The summed E-state index contributed by atoms with van der Waals surface area (Å²) in [5, 5.41) is 0. The molecule has 0 spiro atoms. The molecule has 1 heterocycles. The first-order valence-corrected chi connectivity index (χ1v) is 8.46. The lowest BCUT2D eigenvalue weighted by Gasteiger charge is -2.06. The number of nitrogens with one attached hydrogen (secondary N) is 1. The molecule has 3 N–H and O–H groups in total. The molecule has 0 aliphatic rings. The van der Waals surface area contributed by atoms with Gasteiger partial charge in [0.15, 0.2) is 0 Å². The second kappa shape index (κ2) is 6.93. The third-order valence-corrected chi connectivity index (χ3v) is 5.01. The molecule has 102 valence electrons. The Morgan fingerprint density at radius 1 is 1.44 bits per heavy atom. The molecule has 1 atom stereocenters. The van der Waals surface area contributed by atoms with Crippen molar-refractivity contribution in [2.75, 3.05) is 18.1 Å². The maximum atomic E-state index is 11.8. The van der Waals surface area contributed by atoms with Crippen LogP contribution in [0.25, 0.3) is 0 Å². The fraction of sp³-hybridized carbons (Fsp3) is 0.500. The van der Waals surface area contributed by atoms with Crippen molar-refractivity contribution >= 4 is 20.8 Å². The Morgan fingerprint density at radius 3 is 2.67 bits per heavy atom. The first-order chi connectivity index (χ1) is 8.49. The highest BCUT2D eigenvalue weighted by Crippen LogP contribution is 2.07. The van der Waals surface area contributed by atoms with Crippen molar-refractivity contribution in [2.24, 2.45) is 5.73 Å². The summed E-state index contributed by atoms with van der Waals surface area (Å²) in [6.45, 7) is 2.21. The molecule has 6 nitrogen and oxygen atoms in total. The number of hydrogen-bond donors (Lipinski definition) is 2. The van der Waals surface area contributed by atoms with Crippen LogP contribution in [0.5, 0.6) is 0 Å². The molecule has 18 heavy (non-hydrogen) atoms. The summed E-state index contributed by atoms with van der Waals surface area (Å²) in [7, 11) is -4.56. The standard InChI is InChI=1S/C10H17N3O3S2/c1-2-17(14)6-5-13-18(15,16)10-4-3-9(7-11)12-8-10/h3-4,8,13H,2,5-7,11H2,1H3. The Kier molecular flexibility index (Phi) is 5.86. The molecule has 0 radical (unpaired) electrons. The zero-order valence-corrected chi connectivity index (χ0v) is 11.8. The van der Waals surface area contributed by atoms with Gasteiger partial charge in [0.25, 0.3) is 0 Å². The lowest BCUT2D eigenvalue weighted by Crippen LogP contribution is -2.28. The monoisotopic (exact) mass is 291 g/mol. The van der Waals surface area contributed by atoms with E-state index in [1.165, 1.54) is 12.3 Å². The van der Waals surface area contributed by atoms with Gasteiger partial charge in [0.05, 0.1) is 5.69 Å². The van der Waals surface area contributed by atoms with Crippen molar-refractivity contribution in [1.29, 1.82) is 0 Å². The van der Waals surface area contributed by atoms with Crippen molar-refractivity contribution in [3.05, 3.63) is 24.0 Å². The van der Waals surface area contributed by atoms with Crippen LogP contribution in [0.15, 0.2) is 23.2 Å². The van der Waals surface area contributed by atoms with Crippen LogP contribution >= 0.6 is 0 Å². The Hall–Kier alpha value is -0.830. The molecule has 1 rings (SSSR count). The summed E-state index contributed by atoms with van der Waals surface area (Å²) in [6.07, 6.45) is 1.27. The Bertz CT molecular complexity index is 500. The van der Waals surface area contributed by atoms with Gasteiger partial charge in [-0.15, -0.1) is 0 Å². The largest absolute Gasteiger partial charge is 0.325 e. The Labute approximate surface area is 110 Å². The van der Waals surface area contributed by atoms with E-state index in [0.29, 0.717) is 17.2 Å². The lowest BCUT2D eigenvalue weighted by molar-refractivity contribution is 0.583. The van der Waals surface area contributed by atoms with Crippen LogP contribution in [0.4, 0.5) is 0 Å². The van der Waals surface area contributed by atoms with E-state index in [9.17, 15) is 12.6 Å². The number of sulfonamides is 1. The molecule has 0 aliphatic carbocycles. The number of aromatic nitrogens is 1. The lowest BCUT2D eigenvalue weighted by atomic mass is 10.4. The zero-order chi connectivity index (χ0) is 13.6. The molecule has 1 aromatic heterocycles. The van der Waals surface area contributed by atoms with E-state index < -0.39 is 20.8 Å². The van der Waals surface area contributed by atoms with Crippen molar-refractivity contribution < 1.29 is 12.6 Å². The van der Waals surface area contributed by atoms with Crippen LogP contribution in [-0.4, -0.2) is 35.7 Å². The van der Waals surface area contributed by atoms with Gasteiger partial charge in [-0.1, -0.05) is 6.92 Å². The van der Waals surface area contributed by atoms with E-state index in [-0.39, 0.29) is 18.0 Å². The summed E-state index contributed by atoms with van der Waals surface area (Å²) in [4.78, 5) is 4.00. The van der Waals surface area contributed by atoms with Gasteiger partial charge in [-0.25, -0.2) is 13.1 Å². The molecule has 1 unspecified atom stereocenters. The summed E-state index contributed by atoms with van der Waals surface area (Å²) >= 11 is 0. The number of rotatable bonds is 7. The van der Waals surface area contributed by atoms with E-state index in [1.54, 1.807) is 13.0 Å². The molecule has 0 bridgehead atoms. The molecule has 8 heteroatoms. The Balaban J connectivity index is 2.65. The van der Waals surface area contributed by atoms with Crippen LogP contribution in [0.3, 0.4) is 0 Å². The molecule has 0 amide bonds. The number of nitrogens with zero attached hydrogens (tertiary/aromatic N) is 1. The van der Waals surface area contributed by atoms with Crippen LogP contribution in [0.2, 0.25) is 0 Å². The van der Waals surface area contributed by atoms with Gasteiger partial charge in [-0.2, -0.15) is 0 Å². The van der Waals surface area contributed by atoms with Gasteiger partial charge in [-0.3, -0.25) is 9.19 Å². The minimum Gasteiger partial charge on any atom is -0.325 e. The summed E-state index contributed by atoms with van der Waals surface area (Å²) < 4.78 is 37.2. The molecule has 0 aliphatic heterocycles. The highest BCUT2D eigenvalue weighted by atomic mass is 32.2. The quantitative estimate of drug-likeness (QED) is 0.711. The molecular formula is C10H17N3O3S2. The molecule has 1 aromatic rings. The van der Waals surface area contributed by atoms with Gasteiger partial charge in [0, 0.05) is 41.6 Å². The van der Waals surface area contributed by atoms with E-state index in [0.717, 1.165) is 0 Å². The summed E-state index contributed by atoms with van der Waals surface area (Å²) in [5.74, 6) is 0.832. The minimum atomic E-state index is -3.58. The third kappa shape index (κ3) is 4.45. The van der Waals surface area contributed by atoms with Crippen molar-refractivity contribution in [1.82, 2.24) is 9.71 Å². The van der Waals surface area contributed by atoms with Crippen LogP contribution in [0.1, 0.15) is 12.6 Å². The fourth-order valence-electron chi connectivity index (χ4n) is 1.21. The fourth-order valence-corrected chi connectivity index (χ4v) is 2.93. The first-order valence-electron chi connectivity index (χ1n) is 5.49. The van der Waals surface area contributed by atoms with Gasteiger partial charge in [0.2, 0.25) is 10.0 Å². The van der Waals surface area contributed by atoms with Crippen molar-refractivity contribution in [3.8, 4) is 0 Å². The molecular weight excluding hydrogens is 274 g/mol. The topological polar surface area (TPSA) is 102 Å². The van der Waals surface area contributed by atoms with Crippen LogP contribution < -0.4 is 10.5 Å². The van der Waals surface area contributed by atoms with Gasteiger partial charge in [0.1, 0.15) is 4.90 Å². The average Bonchev–Trinajstić information content (AvgIpc) is 2.38. The Morgan fingerprint density at radius 2 is 2.17 bits per heavy atom. The molecule has 0 aromatic carbocycles. The molecule has 0 saturated carbocycles. The van der Waals surface area contributed by atoms with Crippen LogP contribution in [0, 0.1) is 0 Å². The minimum absolute atomic E-state index is 0.0852. The maximum Gasteiger partial charge on any atom is 0.242 e. The predicted octanol–water partition coefficient (Wildman–Crippen LogP) is -0.413. The predicted molar refractivity (Wildman–Crippen MR) is 70.9 cm³/mol. The smallest absolute Gasteiger partial charge is 0.242 e. The number of hydrogen-bond acceptors (Lipinski definition) is 5. The number of pyridine rings is 1. The van der Waals surface area contributed by atoms with Gasteiger partial charge < -0.3 is 5.73 Å². The van der Waals surface area contributed by atoms with Gasteiger partial charge >= 0.3 is 0 Å². The highest BCUT2D eigenvalue weighted by Gasteiger charge is 2.13. The van der Waals surface area contributed by atoms with Crippen molar-refractivity contribution in [2.45, 2.75) is 18.4 Å². The van der Waals surface area contributed by atoms with E-state index in [1.807, 2.05) is 0 Å². The molecule has 0 saturated heterocycles. The summed E-state index contributed by atoms with van der Waals surface area (Å²) in [5.41, 5.74) is 6.00. The van der Waals surface area contributed by atoms with E-state index >= 15 is 0 Å². The van der Waals surface area contributed by atoms with Crippen molar-refractivity contribution in [3.63, 3.8) is 0 Å². The van der Waals surface area contributed by atoms with E-state index in [4.69, 9.17) is 5.73 Å². The summed E-state index contributed by atoms with van der Waals surface area (Å²) in [6, 6.07) is 3.02. The first kappa shape index (κ1) is 15.2. The van der Waals surface area contributed by atoms with Gasteiger partial charge in [-0.05, 0) is 12.1 Å². The second-order valence-corrected chi connectivity index (χ2v) is 7.15. The highest BCUT2D eigenvalue weighted by molar-refractivity contribution is 7.89. The number of nitrogens with two attached hydrogens (primary N) is 1. The molecule has 0 fully saturated rings. The maximum absolute atomic E-state index is 11.8. The average molecular weight is 291 g/mol.